The van der Waals surface area contributed by atoms with Gasteiger partial charge in [0.2, 0.25) is 0 Å². The van der Waals surface area contributed by atoms with Crippen molar-refractivity contribution >= 4 is 0 Å². The van der Waals surface area contributed by atoms with Gasteiger partial charge in [0.15, 0.2) is 5.69 Å². The van der Waals surface area contributed by atoms with Gasteiger partial charge in [0, 0.05) is 6.20 Å². The van der Waals surface area contributed by atoms with Crippen LogP contribution in [0.15, 0.2) is 12.3 Å². The summed E-state index contributed by atoms with van der Waals surface area (Å²) < 4.78 is 37.8. The first kappa shape index (κ1) is 13.0. The van der Waals surface area contributed by atoms with Crippen LogP contribution in [-0.2, 0) is 12.7 Å². The van der Waals surface area contributed by atoms with E-state index < -0.39 is 18.0 Å². The van der Waals surface area contributed by atoms with E-state index in [1.807, 2.05) is 20.8 Å². The summed E-state index contributed by atoms with van der Waals surface area (Å²) in [6.07, 6.45) is -3.95. The highest BCUT2D eigenvalue weighted by Gasteiger charge is 2.34. The predicted molar refractivity (Wildman–Crippen MR) is 52.7 cm³/mol. The van der Waals surface area contributed by atoms with Gasteiger partial charge in [-0.3, -0.25) is 4.68 Å². The average molecular weight is 236 g/mol. The van der Waals surface area contributed by atoms with Crippen molar-refractivity contribution in [2.75, 3.05) is 0 Å². The fourth-order valence-corrected chi connectivity index (χ4v) is 1.07. The number of aliphatic hydroxyl groups is 1. The third kappa shape index (κ3) is 3.23. The molecule has 0 aromatic carbocycles. The third-order valence-electron chi connectivity index (χ3n) is 2.29. The SMILES string of the molecule is CC(C)(C)C(O)Cn1ccc(C(F)(F)F)n1. The molecule has 1 aromatic rings. The van der Waals surface area contributed by atoms with E-state index in [0.29, 0.717) is 0 Å². The molecule has 0 amide bonds. The van der Waals surface area contributed by atoms with Crippen LogP contribution in [0.25, 0.3) is 0 Å². The molecule has 3 nitrogen and oxygen atoms in total. The molecule has 0 saturated heterocycles. The van der Waals surface area contributed by atoms with Gasteiger partial charge in [-0.1, -0.05) is 20.8 Å². The molecular formula is C10H15F3N2O. The van der Waals surface area contributed by atoms with Crippen LogP contribution in [0, 0.1) is 5.41 Å². The van der Waals surface area contributed by atoms with Crippen LogP contribution in [0.1, 0.15) is 26.5 Å². The lowest BCUT2D eigenvalue weighted by Gasteiger charge is -2.25. The maximum Gasteiger partial charge on any atom is 0.435 e. The molecule has 1 N–H and O–H groups in total. The summed E-state index contributed by atoms with van der Waals surface area (Å²) in [7, 11) is 0. The monoisotopic (exact) mass is 236 g/mol. The van der Waals surface area contributed by atoms with Gasteiger partial charge in [0.25, 0.3) is 0 Å². The Kier molecular flexibility index (Phi) is 3.33. The highest BCUT2D eigenvalue weighted by molar-refractivity contribution is 5.03. The Bertz CT molecular complexity index is 352. The summed E-state index contributed by atoms with van der Waals surface area (Å²) in [6, 6.07) is 0.898. The molecular weight excluding hydrogens is 221 g/mol. The molecule has 0 radical (unpaired) electrons. The normalized spacial score (nSPS) is 15.2. The van der Waals surface area contributed by atoms with Crippen molar-refractivity contribution in [1.82, 2.24) is 9.78 Å². The van der Waals surface area contributed by atoms with Crippen molar-refractivity contribution in [2.24, 2.45) is 5.41 Å². The molecule has 6 heteroatoms. The Morgan fingerprint density at radius 3 is 2.31 bits per heavy atom. The molecule has 1 atom stereocenters. The molecule has 0 bridgehead atoms. The van der Waals surface area contributed by atoms with Gasteiger partial charge in [-0.25, -0.2) is 0 Å². The molecule has 1 rings (SSSR count). The van der Waals surface area contributed by atoms with Crippen LogP contribution in [-0.4, -0.2) is 21.0 Å². The molecule has 0 aliphatic heterocycles. The minimum Gasteiger partial charge on any atom is -0.391 e. The zero-order chi connectivity index (χ0) is 12.6. The minimum absolute atomic E-state index is 0.0551. The smallest absolute Gasteiger partial charge is 0.391 e. The van der Waals surface area contributed by atoms with Gasteiger partial charge in [-0.2, -0.15) is 18.3 Å². The lowest BCUT2D eigenvalue weighted by atomic mass is 9.89. The lowest BCUT2D eigenvalue weighted by molar-refractivity contribution is -0.141. The maximum atomic E-state index is 12.2. The highest BCUT2D eigenvalue weighted by atomic mass is 19.4. The molecule has 1 unspecified atom stereocenters. The summed E-state index contributed by atoms with van der Waals surface area (Å²) in [4.78, 5) is 0. The number of hydrogen-bond acceptors (Lipinski definition) is 2. The number of hydrogen-bond donors (Lipinski definition) is 1. The second-order valence-corrected chi connectivity index (χ2v) is 4.80. The summed E-state index contributed by atoms with van der Waals surface area (Å²) in [6.45, 7) is 5.49. The fraction of sp³-hybridized carbons (Fsp3) is 0.700. The van der Waals surface area contributed by atoms with Crippen LogP contribution in [0.3, 0.4) is 0 Å². The van der Waals surface area contributed by atoms with Gasteiger partial charge in [-0.05, 0) is 11.5 Å². The zero-order valence-electron chi connectivity index (χ0n) is 9.41. The van der Waals surface area contributed by atoms with Gasteiger partial charge < -0.3 is 5.11 Å². The highest BCUT2D eigenvalue weighted by Crippen LogP contribution is 2.27. The van der Waals surface area contributed by atoms with Crippen molar-refractivity contribution in [1.29, 1.82) is 0 Å². The number of halogens is 3. The van der Waals surface area contributed by atoms with Gasteiger partial charge in [0.05, 0.1) is 12.6 Å². The fourth-order valence-electron chi connectivity index (χ4n) is 1.07. The van der Waals surface area contributed by atoms with E-state index in [1.165, 1.54) is 6.20 Å². The molecule has 0 fully saturated rings. The predicted octanol–water partition coefficient (Wildman–Crippen LogP) is 2.31. The van der Waals surface area contributed by atoms with E-state index in [-0.39, 0.29) is 12.0 Å². The summed E-state index contributed by atoms with van der Waals surface area (Å²) in [5.74, 6) is 0. The quantitative estimate of drug-likeness (QED) is 0.855. The molecule has 0 aliphatic rings. The maximum absolute atomic E-state index is 12.2. The van der Waals surface area contributed by atoms with E-state index in [0.717, 1.165) is 10.7 Å². The molecule has 16 heavy (non-hydrogen) atoms. The second-order valence-electron chi connectivity index (χ2n) is 4.80. The van der Waals surface area contributed by atoms with Crippen molar-refractivity contribution in [3.8, 4) is 0 Å². The first-order valence-electron chi connectivity index (χ1n) is 4.89. The Hall–Kier alpha value is -1.04. The Balaban J connectivity index is 2.74. The molecule has 1 heterocycles. The summed E-state index contributed by atoms with van der Waals surface area (Å²) in [5, 5.41) is 13.1. The molecule has 1 aromatic heterocycles. The Morgan fingerprint density at radius 2 is 1.94 bits per heavy atom. The molecule has 0 saturated carbocycles. The largest absolute Gasteiger partial charge is 0.435 e. The topological polar surface area (TPSA) is 38.0 Å². The zero-order valence-corrected chi connectivity index (χ0v) is 9.41. The van der Waals surface area contributed by atoms with Crippen LogP contribution in [0.4, 0.5) is 13.2 Å². The van der Waals surface area contributed by atoms with E-state index in [2.05, 4.69) is 5.10 Å². The van der Waals surface area contributed by atoms with E-state index in [4.69, 9.17) is 0 Å². The van der Waals surface area contributed by atoms with Crippen molar-refractivity contribution < 1.29 is 18.3 Å². The minimum atomic E-state index is -4.43. The summed E-state index contributed by atoms with van der Waals surface area (Å²) in [5.41, 5.74) is -1.32. The first-order chi connectivity index (χ1) is 7.10. The van der Waals surface area contributed by atoms with Crippen molar-refractivity contribution in [2.45, 2.75) is 39.6 Å². The lowest BCUT2D eigenvalue weighted by Crippen LogP contribution is -2.30. The number of nitrogens with zero attached hydrogens (tertiary/aromatic N) is 2. The molecule has 0 spiro atoms. The second kappa shape index (κ2) is 4.08. The number of aliphatic hydroxyl groups excluding tert-OH is 1. The number of alkyl halides is 3. The Labute approximate surface area is 91.9 Å². The molecule has 0 aliphatic carbocycles. The number of rotatable bonds is 2. The Morgan fingerprint density at radius 1 is 1.38 bits per heavy atom. The van der Waals surface area contributed by atoms with Crippen LogP contribution in [0.2, 0.25) is 0 Å². The third-order valence-corrected chi connectivity index (χ3v) is 2.29. The van der Waals surface area contributed by atoms with Gasteiger partial charge in [0.1, 0.15) is 0 Å². The van der Waals surface area contributed by atoms with Crippen molar-refractivity contribution in [3.63, 3.8) is 0 Å². The average Bonchev–Trinajstić information content (AvgIpc) is 2.49. The number of aromatic nitrogens is 2. The van der Waals surface area contributed by atoms with E-state index in [9.17, 15) is 18.3 Å². The first-order valence-corrected chi connectivity index (χ1v) is 4.89. The van der Waals surface area contributed by atoms with Gasteiger partial charge >= 0.3 is 6.18 Å². The standard InChI is InChI=1S/C10H15F3N2O/c1-9(2,3)8(16)6-15-5-4-7(14-15)10(11,12)13/h4-5,8,16H,6H2,1-3H3. The van der Waals surface area contributed by atoms with Crippen molar-refractivity contribution in [3.05, 3.63) is 18.0 Å². The molecule has 92 valence electrons. The van der Waals surface area contributed by atoms with E-state index >= 15 is 0 Å². The van der Waals surface area contributed by atoms with Crippen LogP contribution < -0.4 is 0 Å². The van der Waals surface area contributed by atoms with E-state index in [1.54, 1.807) is 0 Å². The van der Waals surface area contributed by atoms with Crippen LogP contribution >= 0.6 is 0 Å². The van der Waals surface area contributed by atoms with Crippen LogP contribution in [0.5, 0.6) is 0 Å². The summed E-state index contributed by atoms with van der Waals surface area (Å²) >= 11 is 0. The van der Waals surface area contributed by atoms with Gasteiger partial charge in [-0.15, -0.1) is 0 Å².